The highest BCUT2D eigenvalue weighted by molar-refractivity contribution is 6.01. The predicted molar refractivity (Wildman–Crippen MR) is 102 cm³/mol. The van der Waals surface area contributed by atoms with Crippen LogP contribution in [0, 0.1) is 0 Å². The molecule has 1 aromatic heterocycles. The Labute approximate surface area is 176 Å². The lowest BCUT2D eigenvalue weighted by molar-refractivity contribution is -0.198. The Hall–Kier alpha value is -3.80. The van der Waals surface area contributed by atoms with Crippen LogP contribution in [0.5, 0.6) is 0 Å². The van der Waals surface area contributed by atoms with Gasteiger partial charge in [0.1, 0.15) is 0 Å². The molecule has 0 spiro atoms. The van der Waals surface area contributed by atoms with Crippen molar-refractivity contribution < 1.29 is 28.8 Å². The van der Waals surface area contributed by atoms with Gasteiger partial charge in [-0.15, -0.1) is 25.5 Å². The molecule has 1 aromatic carbocycles. The Morgan fingerprint density at radius 3 is 2.29 bits per heavy atom. The van der Waals surface area contributed by atoms with Crippen molar-refractivity contribution in [2.24, 2.45) is 0 Å². The van der Waals surface area contributed by atoms with Crippen molar-refractivity contribution in [3.05, 3.63) is 36.2 Å². The standard InChI is InChI=1S/C19H20N6O6/c26-15(7-9-30-10-8-18(29)31-25-16(27)5-6-17(25)28)20-11-13-1-3-14(4-2-13)19-23-21-12-22-24-19/h1-4,12H,5-11H2,(H,20,26). The zero-order chi connectivity index (χ0) is 22.1. The van der Waals surface area contributed by atoms with Gasteiger partial charge in [0.25, 0.3) is 11.8 Å². The van der Waals surface area contributed by atoms with Crippen LogP contribution in [-0.4, -0.2) is 62.4 Å². The molecular weight excluding hydrogens is 408 g/mol. The van der Waals surface area contributed by atoms with E-state index >= 15 is 0 Å². The SMILES string of the molecule is O=C(CCOCCC(=O)ON1C(=O)CCC1=O)NCc1ccc(-c2nncnn2)cc1. The van der Waals surface area contributed by atoms with Gasteiger partial charge < -0.3 is 14.9 Å². The van der Waals surface area contributed by atoms with Crippen molar-refractivity contribution in [3.63, 3.8) is 0 Å². The third-order valence-corrected chi connectivity index (χ3v) is 4.23. The van der Waals surface area contributed by atoms with E-state index in [1.807, 2.05) is 24.3 Å². The minimum absolute atomic E-state index is 0.00900. The summed E-state index contributed by atoms with van der Waals surface area (Å²) < 4.78 is 5.23. The summed E-state index contributed by atoms with van der Waals surface area (Å²) in [6, 6.07) is 7.30. The lowest BCUT2D eigenvalue weighted by atomic mass is 10.1. The van der Waals surface area contributed by atoms with E-state index in [-0.39, 0.29) is 44.8 Å². The normalized spacial score (nSPS) is 13.4. The Morgan fingerprint density at radius 1 is 0.968 bits per heavy atom. The second kappa shape index (κ2) is 10.8. The molecule has 0 unspecified atom stereocenters. The molecule has 2 aromatic rings. The van der Waals surface area contributed by atoms with Gasteiger partial charge in [-0.05, 0) is 5.56 Å². The first-order valence-corrected chi connectivity index (χ1v) is 9.53. The quantitative estimate of drug-likeness (QED) is 0.402. The summed E-state index contributed by atoms with van der Waals surface area (Å²) in [6.07, 6.45) is 1.31. The van der Waals surface area contributed by atoms with Gasteiger partial charge in [-0.2, -0.15) is 0 Å². The van der Waals surface area contributed by atoms with E-state index in [0.717, 1.165) is 11.1 Å². The topological polar surface area (TPSA) is 154 Å². The van der Waals surface area contributed by atoms with Crippen LogP contribution in [-0.2, 0) is 35.3 Å². The van der Waals surface area contributed by atoms with Crippen molar-refractivity contribution in [1.29, 1.82) is 0 Å². The number of ether oxygens (including phenoxy) is 1. The van der Waals surface area contributed by atoms with Crippen LogP contribution in [0.2, 0.25) is 0 Å². The number of carbonyl (C=O) groups is 4. The first kappa shape index (κ1) is 21.9. The first-order chi connectivity index (χ1) is 15.0. The highest BCUT2D eigenvalue weighted by Crippen LogP contribution is 2.14. The largest absolute Gasteiger partial charge is 0.380 e. The molecule has 12 heteroatoms. The van der Waals surface area contributed by atoms with Gasteiger partial charge in [-0.1, -0.05) is 24.3 Å². The second-order valence-corrected chi connectivity index (χ2v) is 6.50. The maximum Gasteiger partial charge on any atom is 0.335 e. The molecule has 1 saturated heterocycles. The maximum absolute atomic E-state index is 11.9. The Balaban J connectivity index is 1.28. The van der Waals surface area contributed by atoms with Crippen LogP contribution in [0.1, 0.15) is 31.2 Å². The Morgan fingerprint density at radius 2 is 1.61 bits per heavy atom. The van der Waals surface area contributed by atoms with Crippen molar-refractivity contribution in [1.82, 2.24) is 30.8 Å². The van der Waals surface area contributed by atoms with E-state index < -0.39 is 17.8 Å². The number of nitrogens with one attached hydrogen (secondary N) is 1. The smallest absolute Gasteiger partial charge is 0.335 e. The lowest BCUT2D eigenvalue weighted by Crippen LogP contribution is -2.32. The summed E-state index contributed by atoms with van der Waals surface area (Å²) in [4.78, 5) is 50.9. The second-order valence-electron chi connectivity index (χ2n) is 6.50. The zero-order valence-electron chi connectivity index (χ0n) is 16.5. The minimum atomic E-state index is -0.746. The average molecular weight is 428 g/mol. The van der Waals surface area contributed by atoms with Crippen molar-refractivity contribution >= 4 is 23.7 Å². The molecule has 1 aliphatic rings. The molecule has 0 aliphatic carbocycles. The van der Waals surface area contributed by atoms with Gasteiger partial charge in [0, 0.05) is 31.4 Å². The van der Waals surface area contributed by atoms with E-state index in [4.69, 9.17) is 9.57 Å². The molecule has 0 radical (unpaired) electrons. The molecule has 3 amide bonds. The number of hydrogen-bond donors (Lipinski definition) is 1. The van der Waals surface area contributed by atoms with Crippen LogP contribution >= 0.6 is 0 Å². The molecule has 12 nitrogen and oxygen atoms in total. The van der Waals surface area contributed by atoms with Gasteiger partial charge in [-0.3, -0.25) is 14.4 Å². The summed E-state index contributed by atoms with van der Waals surface area (Å²) in [5, 5.41) is 18.4. The number of carbonyl (C=O) groups excluding carboxylic acids is 4. The average Bonchev–Trinajstić information content (AvgIpc) is 3.10. The maximum atomic E-state index is 11.9. The number of hydrogen-bond acceptors (Lipinski definition) is 10. The first-order valence-electron chi connectivity index (χ1n) is 9.53. The highest BCUT2D eigenvalue weighted by Gasteiger charge is 2.32. The Kier molecular flexibility index (Phi) is 7.65. The molecule has 1 N–H and O–H groups in total. The van der Waals surface area contributed by atoms with Gasteiger partial charge in [0.05, 0.1) is 19.6 Å². The summed E-state index contributed by atoms with van der Waals surface area (Å²) in [5.74, 6) is -1.61. The number of aromatic nitrogens is 4. The van der Waals surface area contributed by atoms with Gasteiger partial charge in [-0.25, -0.2) is 4.79 Å². The molecule has 3 rings (SSSR count). The Bertz CT molecular complexity index is 921. The lowest BCUT2D eigenvalue weighted by Gasteiger charge is -2.12. The fraction of sp³-hybridized carbons (Fsp3) is 0.368. The van der Waals surface area contributed by atoms with Crippen molar-refractivity contribution in [2.75, 3.05) is 13.2 Å². The molecule has 0 atom stereocenters. The van der Waals surface area contributed by atoms with Crippen LogP contribution in [0.3, 0.4) is 0 Å². The number of nitrogens with zero attached hydrogens (tertiary/aromatic N) is 5. The number of hydroxylamine groups is 2. The summed E-state index contributed by atoms with van der Waals surface area (Å²) >= 11 is 0. The number of benzene rings is 1. The van der Waals surface area contributed by atoms with E-state index in [2.05, 4.69) is 25.7 Å². The van der Waals surface area contributed by atoms with E-state index in [9.17, 15) is 19.2 Å². The van der Waals surface area contributed by atoms with Gasteiger partial charge in [0.15, 0.2) is 6.33 Å². The van der Waals surface area contributed by atoms with Gasteiger partial charge in [0.2, 0.25) is 11.7 Å². The fourth-order valence-electron chi connectivity index (χ4n) is 2.61. The third-order valence-electron chi connectivity index (χ3n) is 4.23. The van der Waals surface area contributed by atoms with Crippen LogP contribution in [0.4, 0.5) is 0 Å². The van der Waals surface area contributed by atoms with E-state index in [1.165, 1.54) is 6.33 Å². The van der Waals surface area contributed by atoms with E-state index in [1.54, 1.807) is 0 Å². The molecule has 0 bridgehead atoms. The molecule has 1 fully saturated rings. The van der Waals surface area contributed by atoms with Crippen LogP contribution < -0.4 is 5.32 Å². The molecule has 162 valence electrons. The van der Waals surface area contributed by atoms with Gasteiger partial charge >= 0.3 is 5.97 Å². The van der Waals surface area contributed by atoms with Crippen LogP contribution in [0.25, 0.3) is 11.4 Å². The molecule has 31 heavy (non-hydrogen) atoms. The molecule has 2 heterocycles. The zero-order valence-corrected chi connectivity index (χ0v) is 16.5. The highest BCUT2D eigenvalue weighted by atomic mass is 16.7. The molecule has 0 saturated carbocycles. The van der Waals surface area contributed by atoms with Crippen molar-refractivity contribution in [2.45, 2.75) is 32.2 Å². The summed E-state index contributed by atoms with van der Waals surface area (Å²) in [6.45, 7) is 0.468. The fourth-order valence-corrected chi connectivity index (χ4v) is 2.61. The molecular formula is C19H20N6O6. The third kappa shape index (κ3) is 6.60. The van der Waals surface area contributed by atoms with E-state index in [0.29, 0.717) is 17.4 Å². The minimum Gasteiger partial charge on any atom is -0.380 e. The molecule has 1 aliphatic heterocycles. The number of rotatable bonds is 10. The number of imide groups is 1. The summed E-state index contributed by atoms with van der Waals surface area (Å²) in [7, 11) is 0. The van der Waals surface area contributed by atoms with Crippen molar-refractivity contribution in [3.8, 4) is 11.4 Å². The predicted octanol–water partition coefficient (Wildman–Crippen LogP) is -0.0462. The summed E-state index contributed by atoms with van der Waals surface area (Å²) in [5.41, 5.74) is 1.66. The monoisotopic (exact) mass is 428 g/mol. The van der Waals surface area contributed by atoms with Crippen LogP contribution in [0.15, 0.2) is 30.6 Å². The number of amides is 3.